The van der Waals surface area contributed by atoms with Gasteiger partial charge < -0.3 is 9.67 Å². The van der Waals surface area contributed by atoms with Crippen LogP contribution in [0, 0.1) is 0 Å². The molecule has 9 heteroatoms. The van der Waals surface area contributed by atoms with Crippen molar-refractivity contribution in [3.05, 3.63) is 34.3 Å². The second-order valence-corrected chi connectivity index (χ2v) is 4.79. The molecule has 0 atom stereocenters. The molecule has 0 aliphatic heterocycles. The molecule has 0 radical (unpaired) electrons. The van der Waals surface area contributed by atoms with E-state index in [-0.39, 0.29) is 10.7 Å². The Morgan fingerprint density at radius 3 is 2.75 bits per heavy atom. The second kappa shape index (κ2) is 5.45. The van der Waals surface area contributed by atoms with Crippen molar-refractivity contribution in [2.24, 2.45) is 0 Å². The minimum absolute atomic E-state index is 0.0586. The summed E-state index contributed by atoms with van der Waals surface area (Å²) in [5, 5.41) is 9.11. The maximum absolute atomic E-state index is 12.3. The van der Waals surface area contributed by atoms with Crippen LogP contribution < -0.4 is 0 Å². The maximum atomic E-state index is 12.3. The zero-order valence-electron chi connectivity index (χ0n) is 9.83. The van der Waals surface area contributed by atoms with Crippen LogP contribution in [0.15, 0.2) is 18.6 Å². The first-order chi connectivity index (χ1) is 9.35. The lowest BCUT2D eigenvalue weighted by molar-refractivity contribution is -0.140. The molecule has 20 heavy (non-hydrogen) atoms. The molecule has 0 bridgehead atoms. The number of aromatic nitrogens is 3. The van der Waals surface area contributed by atoms with Gasteiger partial charge in [-0.25, -0.2) is 14.8 Å². The summed E-state index contributed by atoms with van der Waals surface area (Å²) >= 11 is 0.925. The molecule has 0 aliphatic rings. The van der Waals surface area contributed by atoms with Crippen molar-refractivity contribution in [1.29, 1.82) is 0 Å². The minimum atomic E-state index is -4.33. The number of hydrogen-bond acceptors (Lipinski definition) is 4. The van der Waals surface area contributed by atoms with Crippen molar-refractivity contribution in [3.8, 4) is 0 Å². The molecule has 5 nitrogen and oxygen atoms in total. The van der Waals surface area contributed by atoms with Gasteiger partial charge in [0.25, 0.3) is 0 Å². The van der Waals surface area contributed by atoms with Crippen LogP contribution in [0.1, 0.15) is 20.5 Å². The average molecular weight is 303 g/mol. The normalized spacial score (nSPS) is 12.2. The SMILES string of the molecule is O=C(O)c1cnc(/C=C/c2nccn2CC(F)(F)F)s1. The highest BCUT2D eigenvalue weighted by Gasteiger charge is 2.28. The third-order valence-electron chi connectivity index (χ3n) is 2.21. The van der Waals surface area contributed by atoms with Gasteiger partial charge in [-0.15, -0.1) is 11.3 Å². The average Bonchev–Trinajstić information content (AvgIpc) is 2.93. The predicted octanol–water partition coefficient (Wildman–Crippen LogP) is 2.77. The molecule has 0 saturated heterocycles. The van der Waals surface area contributed by atoms with Crippen LogP contribution in [0.5, 0.6) is 0 Å². The van der Waals surface area contributed by atoms with Gasteiger partial charge in [0, 0.05) is 12.4 Å². The zero-order chi connectivity index (χ0) is 14.8. The fourth-order valence-corrected chi connectivity index (χ4v) is 2.08. The van der Waals surface area contributed by atoms with Gasteiger partial charge in [0.05, 0.1) is 6.20 Å². The number of alkyl halides is 3. The molecule has 2 heterocycles. The number of nitrogens with zero attached hydrogens (tertiary/aromatic N) is 3. The molecule has 2 aromatic rings. The monoisotopic (exact) mass is 303 g/mol. The minimum Gasteiger partial charge on any atom is -0.477 e. The number of carboxylic acids is 1. The number of thiazole rings is 1. The quantitative estimate of drug-likeness (QED) is 0.943. The maximum Gasteiger partial charge on any atom is 0.406 e. The van der Waals surface area contributed by atoms with E-state index >= 15 is 0 Å². The van der Waals surface area contributed by atoms with E-state index in [9.17, 15) is 18.0 Å². The molecule has 0 spiro atoms. The Morgan fingerprint density at radius 1 is 1.40 bits per heavy atom. The molecule has 2 rings (SSSR count). The van der Waals surface area contributed by atoms with Crippen molar-refractivity contribution < 1.29 is 23.1 Å². The van der Waals surface area contributed by atoms with Gasteiger partial charge in [-0.05, 0) is 12.2 Å². The lowest BCUT2D eigenvalue weighted by Gasteiger charge is -2.08. The summed E-state index contributed by atoms with van der Waals surface area (Å²) in [6.45, 7) is -1.13. The Labute approximate surface area is 115 Å². The molecule has 0 aliphatic carbocycles. The van der Waals surface area contributed by atoms with Gasteiger partial charge >= 0.3 is 12.1 Å². The van der Waals surface area contributed by atoms with Gasteiger partial charge in [-0.1, -0.05) is 0 Å². The molecule has 0 amide bonds. The highest BCUT2D eigenvalue weighted by Crippen LogP contribution is 2.20. The van der Waals surface area contributed by atoms with Crippen LogP contribution in [0.3, 0.4) is 0 Å². The third-order valence-corrected chi connectivity index (χ3v) is 3.16. The predicted molar refractivity (Wildman–Crippen MR) is 66.3 cm³/mol. The molecule has 2 aromatic heterocycles. The van der Waals surface area contributed by atoms with Gasteiger partial charge in [-0.3, -0.25) is 0 Å². The Kier molecular flexibility index (Phi) is 3.89. The first kappa shape index (κ1) is 14.3. The first-order valence-electron chi connectivity index (χ1n) is 5.30. The molecule has 106 valence electrons. The van der Waals surface area contributed by atoms with Gasteiger partial charge in [-0.2, -0.15) is 13.2 Å². The Bertz CT molecular complexity index is 645. The zero-order valence-corrected chi connectivity index (χ0v) is 10.6. The van der Waals surface area contributed by atoms with Gasteiger partial charge in [0.15, 0.2) is 0 Å². The number of carboxylic acid groups (broad SMARTS) is 1. The Balaban J connectivity index is 2.15. The van der Waals surface area contributed by atoms with Crippen LogP contribution in [0.4, 0.5) is 13.2 Å². The van der Waals surface area contributed by atoms with E-state index in [1.165, 1.54) is 30.7 Å². The number of imidazole rings is 1. The summed E-state index contributed by atoms with van der Waals surface area (Å²) < 4.78 is 37.9. The highest BCUT2D eigenvalue weighted by molar-refractivity contribution is 7.14. The number of rotatable bonds is 4. The summed E-state index contributed by atoms with van der Waals surface area (Å²) in [5.41, 5.74) is 0. The summed E-state index contributed by atoms with van der Waals surface area (Å²) in [7, 11) is 0. The van der Waals surface area contributed by atoms with Crippen LogP contribution >= 0.6 is 11.3 Å². The van der Waals surface area contributed by atoms with Crippen LogP contribution in [-0.2, 0) is 6.54 Å². The molecular formula is C11H8F3N3O2S. The second-order valence-electron chi connectivity index (χ2n) is 3.73. The first-order valence-corrected chi connectivity index (χ1v) is 6.12. The summed E-state index contributed by atoms with van der Waals surface area (Å²) in [6, 6.07) is 0. The van der Waals surface area contributed by atoms with Crippen LogP contribution in [-0.4, -0.2) is 31.8 Å². The largest absolute Gasteiger partial charge is 0.477 e. The number of hydrogen-bond donors (Lipinski definition) is 1. The smallest absolute Gasteiger partial charge is 0.406 e. The van der Waals surface area contributed by atoms with Crippen molar-refractivity contribution in [2.75, 3.05) is 0 Å². The van der Waals surface area contributed by atoms with Gasteiger partial charge in [0.1, 0.15) is 22.3 Å². The lowest BCUT2D eigenvalue weighted by Crippen LogP contribution is -2.17. The lowest BCUT2D eigenvalue weighted by atomic mass is 10.4. The fourth-order valence-electron chi connectivity index (χ4n) is 1.42. The number of aromatic carboxylic acids is 1. The Hall–Kier alpha value is -2.16. The van der Waals surface area contributed by atoms with Crippen molar-refractivity contribution in [1.82, 2.24) is 14.5 Å². The fraction of sp³-hybridized carbons (Fsp3) is 0.182. The molecule has 1 N–H and O–H groups in total. The molecule has 0 unspecified atom stereocenters. The van der Waals surface area contributed by atoms with E-state index in [0.29, 0.717) is 5.01 Å². The standard InChI is InChI=1S/C11H8F3N3O2S/c12-11(13,14)6-17-4-3-15-8(17)1-2-9-16-5-7(20-9)10(18)19/h1-5H,6H2,(H,18,19)/b2-1+. The summed E-state index contributed by atoms with van der Waals surface area (Å²) in [6.07, 6.45) is 2.12. The number of halogens is 3. The molecule has 0 saturated carbocycles. The van der Waals surface area contributed by atoms with Crippen LogP contribution in [0.25, 0.3) is 12.2 Å². The molecule has 0 aromatic carbocycles. The van der Waals surface area contributed by atoms with E-state index in [4.69, 9.17) is 5.11 Å². The van der Waals surface area contributed by atoms with Gasteiger partial charge in [0.2, 0.25) is 0 Å². The van der Waals surface area contributed by atoms with Crippen LogP contribution in [0.2, 0.25) is 0 Å². The van der Waals surface area contributed by atoms with E-state index in [1.807, 2.05) is 0 Å². The third kappa shape index (κ3) is 3.67. The molecule has 0 fully saturated rings. The van der Waals surface area contributed by atoms with E-state index in [1.54, 1.807) is 0 Å². The van der Waals surface area contributed by atoms with E-state index < -0.39 is 18.7 Å². The Morgan fingerprint density at radius 2 is 2.15 bits per heavy atom. The van der Waals surface area contributed by atoms with Crippen molar-refractivity contribution >= 4 is 29.5 Å². The summed E-state index contributed by atoms with van der Waals surface area (Å²) in [4.78, 5) is 18.3. The van der Waals surface area contributed by atoms with Crippen molar-refractivity contribution in [3.63, 3.8) is 0 Å². The molecular weight excluding hydrogens is 295 g/mol. The number of carbonyl (C=O) groups is 1. The summed E-state index contributed by atoms with van der Waals surface area (Å²) in [5.74, 6) is -0.977. The highest BCUT2D eigenvalue weighted by atomic mass is 32.1. The van der Waals surface area contributed by atoms with E-state index in [0.717, 1.165) is 15.9 Å². The topological polar surface area (TPSA) is 68.0 Å². The van der Waals surface area contributed by atoms with Crippen molar-refractivity contribution in [2.45, 2.75) is 12.7 Å². The van der Waals surface area contributed by atoms with E-state index in [2.05, 4.69) is 9.97 Å².